The SMILES string of the molecule is CC(C)[Si]1(C(C)C)OC[C@H]2O[C@@H]([B]P)C(OC(=S)SCC[Si](C)(C)C)[C@H]2O[Si](C(C)C)(C(C)C)O1. The Morgan fingerprint density at radius 2 is 1.57 bits per heavy atom. The lowest BCUT2D eigenvalue weighted by Crippen LogP contribution is -2.66. The maximum atomic E-state index is 7.32. The highest BCUT2D eigenvalue weighted by atomic mass is 32.2. The van der Waals surface area contributed by atoms with Crippen LogP contribution in [0.3, 0.4) is 0 Å². The summed E-state index contributed by atoms with van der Waals surface area (Å²) >= 11 is 7.32. The fraction of sp³-hybridized carbons (Fsp3) is 0.957. The smallest absolute Gasteiger partial charge is 0.335 e. The van der Waals surface area contributed by atoms with Gasteiger partial charge in [0, 0.05) is 8.07 Å². The zero-order valence-corrected chi connectivity index (χ0v) is 29.5. The van der Waals surface area contributed by atoms with E-state index in [4.69, 9.17) is 34.7 Å². The molecule has 2 aliphatic heterocycles. The molecule has 5 nitrogen and oxygen atoms in total. The summed E-state index contributed by atoms with van der Waals surface area (Å²) in [5.41, 5.74) is 1.12. The summed E-state index contributed by atoms with van der Waals surface area (Å²) in [6, 6.07) is 0.979. The Labute approximate surface area is 231 Å². The van der Waals surface area contributed by atoms with Crippen molar-refractivity contribution in [2.24, 2.45) is 0 Å². The Balaban J connectivity index is 2.39. The zero-order valence-electron chi connectivity index (χ0n) is 23.8. The molecule has 12 heteroatoms. The van der Waals surface area contributed by atoms with Crippen LogP contribution < -0.4 is 0 Å². The Hall–Kier alpha value is 1.23. The van der Waals surface area contributed by atoms with Crippen molar-refractivity contribution in [2.45, 2.75) is 128 Å². The van der Waals surface area contributed by atoms with Crippen LogP contribution in [-0.4, -0.2) is 73.3 Å². The molecular formula is C23H49BO5PS2Si3. The lowest BCUT2D eigenvalue weighted by atomic mass is 9.91. The van der Waals surface area contributed by atoms with E-state index in [9.17, 15) is 0 Å². The number of fused-ring (bicyclic) bond motifs is 1. The molecule has 2 heterocycles. The van der Waals surface area contributed by atoms with E-state index in [1.54, 1.807) is 11.8 Å². The third-order valence-corrected chi connectivity index (χ3v) is 21.1. The van der Waals surface area contributed by atoms with E-state index in [-0.39, 0.29) is 35.4 Å². The molecule has 0 aromatic carbocycles. The minimum absolute atomic E-state index is 0.214. The first-order valence-corrected chi connectivity index (χ1v) is 22.9. The summed E-state index contributed by atoms with van der Waals surface area (Å²) in [4.78, 5) is 0. The maximum Gasteiger partial charge on any atom is 0.335 e. The third-order valence-electron chi connectivity index (χ3n) is 7.17. The van der Waals surface area contributed by atoms with Crippen LogP contribution in [-0.2, 0) is 22.4 Å². The standard InChI is InChI=1S/C23H49BO5PS2Si3/c1-15(2)34(16(3)4)25-14-19-20(28-35(29-34,17(5)6)18(7)8)21(22(24-30)26-19)27-23(31)32-12-13-33(9,10)11/h15-22H,12-14,30H2,1-11H3/t19-,20+,21?,22-/m1/s1. The summed E-state index contributed by atoms with van der Waals surface area (Å²) in [6.07, 6.45) is -0.808. The quantitative estimate of drug-likeness (QED) is 0.163. The van der Waals surface area contributed by atoms with E-state index in [1.807, 2.05) is 7.00 Å². The van der Waals surface area contributed by atoms with Gasteiger partial charge in [0.25, 0.3) is 0 Å². The molecule has 35 heavy (non-hydrogen) atoms. The van der Waals surface area contributed by atoms with Gasteiger partial charge >= 0.3 is 17.1 Å². The Bertz CT molecular complexity index is 695. The molecule has 2 saturated heterocycles. The van der Waals surface area contributed by atoms with Crippen LogP contribution in [0, 0.1) is 0 Å². The lowest BCUT2D eigenvalue weighted by molar-refractivity contribution is -0.0305. The fourth-order valence-corrected chi connectivity index (χ4v) is 20.1. The number of thiocarbonyl (C=S) groups is 1. The van der Waals surface area contributed by atoms with Gasteiger partial charge in [-0.3, -0.25) is 0 Å². The average molecular weight is 596 g/mol. The fourth-order valence-electron chi connectivity index (χ4n) is 5.05. The Morgan fingerprint density at radius 3 is 2.03 bits per heavy atom. The van der Waals surface area contributed by atoms with E-state index in [0.29, 0.717) is 22.1 Å². The van der Waals surface area contributed by atoms with E-state index in [0.717, 1.165) is 5.75 Å². The largest absolute Gasteiger partial charge is 0.470 e. The van der Waals surface area contributed by atoms with Gasteiger partial charge in [-0.05, 0) is 46.2 Å². The number of hydrogen-bond acceptors (Lipinski definition) is 7. The molecule has 0 amide bonds. The van der Waals surface area contributed by atoms with Crippen molar-refractivity contribution >= 4 is 69.7 Å². The molecular weight excluding hydrogens is 546 g/mol. The molecule has 203 valence electrons. The Kier molecular flexibility index (Phi) is 12.1. The molecule has 0 aromatic rings. The van der Waals surface area contributed by atoms with Crippen molar-refractivity contribution in [3.8, 4) is 0 Å². The summed E-state index contributed by atoms with van der Waals surface area (Å²) in [5.74, 6) is 0.992. The van der Waals surface area contributed by atoms with Crippen LogP contribution >= 0.6 is 33.1 Å². The van der Waals surface area contributed by atoms with Gasteiger partial charge < -0.3 is 22.4 Å². The second-order valence-electron chi connectivity index (χ2n) is 12.4. The first kappa shape index (κ1) is 32.4. The second kappa shape index (κ2) is 13.1. The molecule has 0 aliphatic carbocycles. The highest BCUT2D eigenvalue weighted by Gasteiger charge is 2.62. The number of ether oxygens (including phenoxy) is 2. The zero-order chi connectivity index (χ0) is 26.8. The average Bonchev–Trinajstić information content (AvgIpc) is 3.01. The topological polar surface area (TPSA) is 46.2 Å². The first-order chi connectivity index (χ1) is 16.1. The molecule has 0 bridgehead atoms. The minimum Gasteiger partial charge on any atom is -0.470 e. The molecule has 0 saturated carbocycles. The van der Waals surface area contributed by atoms with Crippen molar-refractivity contribution in [3.63, 3.8) is 0 Å². The van der Waals surface area contributed by atoms with E-state index in [2.05, 4.69) is 84.1 Å². The molecule has 2 unspecified atom stereocenters. The van der Waals surface area contributed by atoms with Gasteiger partial charge in [0.2, 0.25) is 4.38 Å². The number of thioether (sulfide) groups is 1. The van der Waals surface area contributed by atoms with Crippen molar-refractivity contribution in [1.82, 2.24) is 0 Å². The van der Waals surface area contributed by atoms with Gasteiger partial charge in [0.15, 0.2) is 7.00 Å². The molecule has 0 aromatic heterocycles. The van der Waals surface area contributed by atoms with Gasteiger partial charge in [0.05, 0.1) is 12.6 Å². The van der Waals surface area contributed by atoms with Gasteiger partial charge in [-0.15, -0.1) is 0 Å². The van der Waals surface area contributed by atoms with Gasteiger partial charge in [-0.25, -0.2) is 0 Å². The van der Waals surface area contributed by atoms with Gasteiger partial charge in [-0.2, -0.15) is 9.12 Å². The van der Waals surface area contributed by atoms with Crippen LogP contribution in [0.4, 0.5) is 0 Å². The Morgan fingerprint density at radius 1 is 1.03 bits per heavy atom. The molecule has 2 aliphatic rings. The number of hydrogen-bond donors (Lipinski definition) is 0. The van der Waals surface area contributed by atoms with Crippen molar-refractivity contribution in [2.75, 3.05) is 12.4 Å². The molecule has 2 rings (SSSR count). The van der Waals surface area contributed by atoms with Gasteiger partial charge in [0.1, 0.15) is 18.3 Å². The molecule has 5 atom stereocenters. The molecule has 2 fully saturated rings. The minimum atomic E-state index is -2.74. The van der Waals surface area contributed by atoms with Crippen LogP contribution in [0.25, 0.3) is 0 Å². The third kappa shape index (κ3) is 7.67. The highest BCUT2D eigenvalue weighted by Crippen LogP contribution is 2.48. The molecule has 0 N–H and O–H groups in total. The monoisotopic (exact) mass is 595 g/mol. The van der Waals surface area contributed by atoms with Crippen molar-refractivity contribution < 1.29 is 22.4 Å². The normalized spacial score (nSPS) is 28.8. The maximum absolute atomic E-state index is 7.32. The summed E-state index contributed by atoms with van der Waals surface area (Å²) in [6.45, 7) is 27.5. The lowest BCUT2D eigenvalue weighted by Gasteiger charge is -2.51. The van der Waals surface area contributed by atoms with E-state index >= 15 is 0 Å². The summed E-state index contributed by atoms with van der Waals surface area (Å²) in [5, 5.41) is 0. The highest BCUT2D eigenvalue weighted by molar-refractivity contribution is 8.22. The van der Waals surface area contributed by atoms with Gasteiger partial charge in [-0.1, -0.05) is 86.8 Å². The van der Waals surface area contributed by atoms with E-state index < -0.39 is 25.2 Å². The van der Waals surface area contributed by atoms with Crippen LogP contribution in [0.2, 0.25) is 47.8 Å². The van der Waals surface area contributed by atoms with Crippen LogP contribution in [0.5, 0.6) is 0 Å². The molecule has 1 radical (unpaired) electrons. The predicted octanol–water partition coefficient (Wildman–Crippen LogP) is 6.90. The molecule has 0 spiro atoms. The predicted molar refractivity (Wildman–Crippen MR) is 166 cm³/mol. The van der Waals surface area contributed by atoms with Crippen molar-refractivity contribution in [1.29, 1.82) is 0 Å². The van der Waals surface area contributed by atoms with Crippen LogP contribution in [0.15, 0.2) is 0 Å². The summed E-state index contributed by atoms with van der Waals surface area (Å²) in [7, 11) is -3.76. The summed E-state index contributed by atoms with van der Waals surface area (Å²) < 4.78 is 34.9. The second-order valence-corrected chi connectivity index (χ2v) is 28.9. The first-order valence-electron chi connectivity index (χ1n) is 13.2. The van der Waals surface area contributed by atoms with Crippen LogP contribution in [0.1, 0.15) is 55.4 Å². The van der Waals surface area contributed by atoms with E-state index in [1.165, 1.54) is 6.04 Å². The van der Waals surface area contributed by atoms with Crippen molar-refractivity contribution in [3.05, 3.63) is 0 Å². The number of rotatable bonds is 9.